The Hall–Kier alpha value is -3.32. The van der Waals surface area contributed by atoms with Crippen LogP contribution in [0.2, 0.25) is 5.02 Å². The molecule has 3 aromatic rings. The second kappa shape index (κ2) is 13.8. The molecule has 2 fully saturated rings. The zero-order chi connectivity index (χ0) is 31.4. The van der Waals surface area contributed by atoms with Crippen molar-refractivity contribution in [3.63, 3.8) is 0 Å². The van der Waals surface area contributed by atoms with Crippen LogP contribution in [0, 0.1) is 6.92 Å². The molecule has 0 atom stereocenters. The smallest absolute Gasteiger partial charge is 0.229 e. The minimum absolute atomic E-state index is 0.205. The number of likely N-dealkylation sites (N-methyl/N-ethyl adjacent to an activating group) is 1. The van der Waals surface area contributed by atoms with Crippen LogP contribution in [0.15, 0.2) is 36.5 Å². The number of hydrogen-bond acceptors (Lipinski definition) is 11. The van der Waals surface area contributed by atoms with Crippen LogP contribution >= 0.6 is 11.6 Å². The second-order valence-corrected chi connectivity index (χ2v) is 14.1. The summed E-state index contributed by atoms with van der Waals surface area (Å²) in [4.78, 5) is 16.5. The Morgan fingerprint density at radius 3 is 2.34 bits per heavy atom. The van der Waals surface area contributed by atoms with Crippen molar-refractivity contribution < 1.29 is 17.9 Å². The number of piperazine rings is 1. The second-order valence-electron chi connectivity index (χ2n) is 11.6. The van der Waals surface area contributed by atoms with Crippen LogP contribution in [-0.2, 0) is 15.6 Å². The molecule has 1 aromatic heterocycles. The summed E-state index contributed by atoms with van der Waals surface area (Å²) in [5.41, 5.74) is 4.03. The van der Waals surface area contributed by atoms with Crippen molar-refractivity contribution in [1.82, 2.24) is 19.8 Å². The third-order valence-corrected chi connectivity index (χ3v) is 9.47. The van der Waals surface area contributed by atoms with Crippen LogP contribution in [0.1, 0.15) is 24.0 Å². The number of sulfone groups is 1. The number of methoxy groups -OCH3 is 2. The van der Waals surface area contributed by atoms with E-state index in [2.05, 4.69) is 61.4 Å². The number of aryl methyl sites for hydroxylation is 1. The number of benzene rings is 2. The normalized spacial score (nSPS) is 17.0. The Bertz CT molecular complexity index is 1570. The van der Waals surface area contributed by atoms with E-state index < -0.39 is 9.84 Å². The van der Waals surface area contributed by atoms with Crippen LogP contribution in [0.4, 0.5) is 28.8 Å². The first-order chi connectivity index (χ1) is 21.0. The molecule has 5 rings (SSSR count). The van der Waals surface area contributed by atoms with Gasteiger partial charge >= 0.3 is 0 Å². The SMILES string of the molecule is COc1cc(N2CCC(N3CCN(C)CC3)CC2)c(C)cc1Nc1ncc(Cl)c(Nc2cccc(OC)c2CS(C)(=O)=O)n1. The number of nitrogens with zero attached hydrogens (tertiary/aromatic N) is 5. The van der Waals surface area contributed by atoms with Crippen molar-refractivity contribution in [3.05, 3.63) is 52.7 Å². The van der Waals surface area contributed by atoms with E-state index in [1.165, 1.54) is 25.2 Å². The van der Waals surface area contributed by atoms with E-state index in [-0.39, 0.29) is 10.8 Å². The number of anilines is 5. The fraction of sp³-hybridized carbons (Fsp3) is 0.484. The highest BCUT2D eigenvalue weighted by Gasteiger charge is 2.28. The van der Waals surface area contributed by atoms with Crippen molar-refractivity contribution >= 4 is 50.3 Å². The van der Waals surface area contributed by atoms with Crippen molar-refractivity contribution in [2.45, 2.75) is 31.6 Å². The van der Waals surface area contributed by atoms with Gasteiger partial charge in [-0.1, -0.05) is 17.7 Å². The van der Waals surface area contributed by atoms with Crippen molar-refractivity contribution in [3.8, 4) is 11.5 Å². The molecule has 2 saturated heterocycles. The van der Waals surface area contributed by atoms with Gasteiger partial charge in [-0.25, -0.2) is 13.4 Å². The number of hydrogen-bond donors (Lipinski definition) is 2. The summed E-state index contributed by atoms with van der Waals surface area (Å²) in [6, 6.07) is 10.0. The minimum Gasteiger partial charge on any atom is -0.496 e. The molecular formula is C31H42ClN7O4S. The Kier molecular flexibility index (Phi) is 10.0. The number of ether oxygens (including phenoxy) is 2. The Morgan fingerprint density at radius 1 is 0.977 bits per heavy atom. The third kappa shape index (κ3) is 7.66. The van der Waals surface area contributed by atoms with Crippen LogP contribution < -0.4 is 25.0 Å². The van der Waals surface area contributed by atoms with Gasteiger partial charge in [-0.15, -0.1) is 0 Å². The van der Waals surface area contributed by atoms with Gasteiger partial charge in [0.1, 0.15) is 16.5 Å². The maximum absolute atomic E-state index is 12.1. The molecule has 2 aromatic carbocycles. The van der Waals surface area contributed by atoms with Gasteiger partial charge in [-0.05, 0) is 50.6 Å². The van der Waals surface area contributed by atoms with Crippen molar-refractivity contribution in [2.24, 2.45) is 0 Å². The highest BCUT2D eigenvalue weighted by atomic mass is 35.5. The summed E-state index contributed by atoms with van der Waals surface area (Å²) in [6.07, 6.45) is 4.98. The zero-order valence-corrected chi connectivity index (χ0v) is 27.6. The lowest BCUT2D eigenvalue weighted by Crippen LogP contribution is -2.52. The summed E-state index contributed by atoms with van der Waals surface area (Å²) in [6.45, 7) is 8.72. The maximum atomic E-state index is 12.1. The van der Waals surface area contributed by atoms with Gasteiger partial charge in [0, 0.05) is 74.6 Å². The molecule has 13 heteroatoms. The van der Waals surface area contributed by atoms with Gasteiger partial charge in [0.05, 0.1) is 31.9 Å². The molecule has 2 aliphatic heterocycles. The molecule has 0 unspecified atom stereocenters. The largest absolute Gasteiger partial charge is 0.496 e. The van der Waals surface area contributed by atoms with Gasteiger partial charge < -0.3 is 29.9 Å². The Balaban J connectivity index is 1.32. The maximum Gasteiger partial charge on any atom is 0.229 e. The summed E-state index contributed by atoms with van der Waals surface area (Å²) in [5.74, 6) is 1.56. The molecule has 0 radical (unpaired) electrons. The van der Waals surface area contributed by atoms with Crippen LogP contribution in [0.5, 0.6) is 11.5 Å². The lowest BCUT2D eigenvalue weighted by atomic mass is 10.0. The van der Waals surface area contributed by atoms with Crippen LogP contribution in [-0.4, -0.2) is 101 Å². The topological polar surface area (TPSA) is 112 Å². The van der Waals surface area contributed by atoms with Gasteiger partial charge in [0.15, 0.2) is 15.7 Å². The van der Waals surface area contributed by atoms with E-state index in [1.807, 2.05) is 0 Å². The van der Waals surface area contributed by atoms with Crippen LogP contribution in [0.3, 0.4) is 0 Å². The van der Waals surface area contributed by atoms with E-state index in [1.54, 1.807) is 25.3 Å². The average Bonchev–Trinajstić information content (AvgIpc) is 2.99. The number of halogens is 1. The standard InChI is InChI=1S/C31H42ClN7O4S/c1-21-17-26(29(43-4)18-27(21)39-11-9-22(10-12-39)38-15-13-37(2)14-16-38)35-31-33-19-24(32)30(36-31)34-25-7-6-8-28(42-3)23(25)20-44(5,40)41/h6-8,17-19,22H,9-16,20H2,1-5H3,(H2,33,34,35,36). The fourth-order valence-corrected chi connectivity index (χ4v) is 6.95. The molecule has 0 amide bonds. The lowest BCUT2D eigenvalue weighted by molar-refractivity contribution is 0.0982. The number of aromatic nitrogens is 2. The molecule has 2 aliphatic rings. The first kappa shape index (κ1) is 32.1. The predicted molar refractivity (Wildman–Crippen MR) is 177 cm³/mol. The predicted octanol–water partition coefficient (Wildman–Crippen LogP) is 4.70. The summed E-state index contributed by atoms with van der Waals surface area (Å²) < 4.78 is 35.5. The molecular weight excluding hydrogens is 602 g/mol. The van der Waals surface area contributed by atoms with E-state index in [0.29, 0.717) is 40.6 Å². The summed E-state index contributed by atoms with van der Waals surface area (Å²) in [7, 11) is 2.02. The van der Waals surface area contributed by atoms with Crippen LogP contribution in [0.25, 0.3) is 0 Å². The molecule has 0 saturated carbocycles. The first-order valence-corrected chi connectivity index (χ1v) is 17.2. The van der Waals surface area contributed by atoms with Gasteiger partial charge in [-0.2, -0.15) is 4.98 Å². The van der Waals surface area contributed by atoms with E-state index in [0.717, 1.165) is 63.4 Å². The van der Waals surface area contributed by atoms with Crippen molar-refractivity contribution in [2.75, 3.05) is 82.3 Å². The Morgan fingerprint density at radius 2 is 1.68 bits per heavy atom. The molecule has 0 spiro atoms. The first-order valence-electron chi connectivity index (χ1n) is 14.8. The van der Waals surface area contributed by atoms with E-state index in [9.17, 15) is 8.42 Å². The molecule has 0 bridgehead atoms. The van der Waals surface area contributed by atoms with Gasteiger partial charge in [0.2, 0.25) is 5.95 Å². The highest BCUT2D eigenvalue weighted by Crippen LogP contribution is 2.37. The molecule has 44 heavy (non-hydrogen) atoms. The molecule has 3 heterocycles. The number of nitrogens with one attached hydrogen (secondary N) is 2. The third-order valence-electron chi connectivity index (χ3n) is 8.38. The average molecular weight is 644 g/mol. The summed E-state index contributed by atoms with van der Waals surface area (Å²) >= 11 is 6.46. The summed E-state index contributed by atoms with van der Waals surface area (Å²) in [5, 5.41) is 6.74. The molecule has 0 aliphatic carbocycles. The van der Waals surface area contributed by atoms with Crippen molar-refractivity contribution in [1.29, 1.82) is 0 Å². The number of rotatable bonds is 10. The molecule has 238 valence electrons. The zero-order valence-electron chi connectivity index (χ0n) is 26.1. The fourth-order valence-electron chi connectivity index (χ4n) is 5.99. The minimum atomic E-state index is -3.34. The number of piperidine rings is 1. The van der Waals surface area contributed by atoms with E-state index >= 15 is 0 Å². The quantitative estimate of drug-likeness (QED) is 0.321. The lowest BCUT2D eigenvalue weighted by Gasteiger charge is -2.43. The molecule has 2 N–H and O–H groups in total. The highest BCUT2D eigenvalue weighted by molar-refractivity contribution is 7.89. The van der Waals surface area contributed by atoms with Gasteiger partial charge in [-0.3, -0.25) is 4.90 Å². The van der Waals surface area contributed by atoms with E-state index in [4.69, 9.17) is 21.1 Å². The Labute approximate surface area is 265 Å². The van der Waals surface area contributed by atoms with Gasteiger partial charge in [0.25, 0.3) is 0 Å². The monoisotopic (exact) mass is 643 g/mol. The molecule has 11 nitrogen and oxygen atoms in total.